The largest absolute Gasteiger partial charge is 0.497 e. The van der Waals surface area contributed by atoms with Gasteiger partial charge in [0.05, 0.1) is 25.7 Å². The third-order valence-corrected chi connectivity index (χ3v) is 5.79. The minimum atomic E-state index is -0.650. The smallest absolute Gasteiger partial charge is 0.317 e. The monoisotopic (exact) mass is 411 g/mol. The van der Waals surface area contributed by atoms with E-state index in [1.54, 1.807) is 26.4 Å². The van der Waals surface area contributed by atoms with E-state index in [0.717, 1.165) is 36.8 Å². The van der Waals surface area contributed by atoms with Gasteiger partial charge in [-0.3, -0.25) is 9.59 Å². The fourth-order valence-corrected chi connectivity index (χ4v) is 4.15. The number of hydrogen-bond donors (Lipinski definition) is 1. The molecule has 1 saturated carbocycles. The summed E-state index contributed by atoms with van der Waals surface area (Å²) in [5.74, 6) is 0.633. The highest BCUT2D eigenvalue weighted by Gasteiger charge is 2.44. The van der Waals surface area contributed by atoms with Gasteiger partial charge in [0, 0.05) is 5.56 Å². The summed E-state index contributed by atoms with van der Waals surface area (Å²) in [6.07, 6.45) is 3.44. The first-order valence-electron chi connectivity index (χ1n) is 10.2. The van der Waals surface area contributed by atoms with E-state index < -0.39 is 5.41 Å². The fourth-order valence-electron chi connectivity index (χ4n) is 4.15. The Morgan fingerprint density at radius 2 is 1.73 bits per heavy atom. The van der Waals surface area contributed by atoms with Crippen LogP contribution in [0.1, 0.15) is 49.8 Å². The third kappa shape index (κ3) is 4.58. The minimum absolute atomic E-state index is 0.315. The molecule has 0 radical (unpaired) electrons. The first-order chi connectivity index (χ1) is 14.5. The molecule has 0 heterocycles. The first-order valence-corrected chi connectivity index (χ1v) is 10.2. The summed E-state index contributed by atoms with van der Waals surface area (Å²) in [5, 5.41) is 2.87. The van der Waals surface area contributed by atoms with Crippen molar-refractivity contribution in [2.24, 2.45) is 0 Å². The van der Waals surface area contributed by atoms with Crippen molar-refractivity contribution in [2.45, 2.75) is 44.1 Å². The van der Waals surface area contributed by atoms with Crippen LogP contribution >= 0.6 is 0 Å². The Morgan fingerprint density at radius 1 is 1.03 bits per heavy atom. The van der Waals surface area contributed by atoms with E-state index >= 15 is 0 Å². The first kappa shape index (κ1) is 21.7. The Hall–Kier alpha value is -3.02. The molecule has 0 aliphatic heterocycles. The summed E-state index contributed by atoms with van der Waals surface area (Å²) in [5.41, 5.74) is 1.10. The van der Waals surface area contributed by atoms with Gasteiger partial charge in [0.25, 0.3) is 5.91 Å². The Morgan fingerprint density at radius 3 is 2.37 bits per heavy atom. The predicted molar refractivity (Wildman–Crippen MR) is 114 cm³/mol. The van der Waals surface area contributed by atoms with Crippen LogP contribution in [0.2, 0.25) is 0 Å². The minimum Gasteiger partial charge on any atom is -0.497 e. The van der Waals surface area contributed by atoms with Crippen LogP contribution in [0.25, 0.3) is 0 Å². The summed E-state index contributed by atoms with van der Waals surface area (Å²) in [7, 11) is 3.16. The van der Waals surface area contributed by atoms with Crippen LogP contribution in [0.5, 0.6) is 11.5 Å². The highest BCUT2D eigenvalue weighted by atomic mass is 16.5. The van der Waals surface area contributed by atoms with Gasteiger partial charge in [0.2, 0.25) is 0 Å². The van der Waals surface area contributed by atoms with Crippen molar-refractivity contribution in [1.82, 2.24) is 5.32 Å². The van der Waals surface area contributed by atoms with Crippen LogP contribution in [0.15, 0.2) is 48.5 Å². The molecule has 0 bridgehead atoms. The van der Waals surface area contributed by atoms with Crippen LogP contribution in [0, 0.1) is 0 Å². The molecule has 1 N–H and O–H groups in total. The quantitative estimate of drug-likeness (QED) is 0.666. The molecule has 2 aromatic rings. The van der Waals surface area contributed by atoms with E-state index in [1.165, 1.54) is 0 Å². The lowest BCUT2D eigenvalue weighted by atomic mass is 9.79. The van der Waals surface area contributed by atoms with E-state index in [2.05, 4.69) is 5.32 Å². The molecule has 160 valence electrons. The molecule has 6 heteroatoms. The zero-order chi connectivity index (χ0) is 21.6. The highest BCUT2D eigenvalue weighted by molar-refractivity contribution is 5.86. The van der Waals surface area contributed by atoms with Crippen molar-refractivity contribution in [3.05, 3.63) is 59.7 Å². The zero-order valence-corrected chi connectivity index (χ0v) is 17.8. The second-order valence-corrected chi connectivity index (χ2v) is 7.63. The molecule has 2 aromatic carbocycles. The summed E-state index contributed by atoms with van der Waals surface area (Å²) >= 11 is 0. The van der Waals surface area contributed by atoms with Gasteiger partial charge in [0.1, 0.15) is 11.5 Å². The topological polar surface area (TPSA) is 73.9 Å². The van der Waals surface area contributed by atoms with E-state index in [1.807, 2.05) is 43.3 Å². The van der Waals surface area contributed by atoms with Crippen LogP contribution in [-0.4, -0.2) is 32.7 Å². The average Bonchev–Trinajstić information content (AvgIpc) is 3.29. The second kappa shape index (κ2) is 9.65. The molecule has 0 spiro atoms. The molecule has 0 aromatic heterocycles. The van der Waals surface area contributed by atoms with Gasteiger partial charge in [-0.2, -0.15) is 0 Å². The number of carbonyl (C=O) groups is 2. The Labute approximate surface area is 177 Å². The SMILES string of the molecule is COc1ccc(OC)c([C@@H](C)NC(=O)COC(=O)C2(c3ccccc3)CCCC2)c1. The second-order valence-electron chi connectivity index (χ2n) is 7.63. The molecule has 30 heavy (non-hydrogen) atoms. The number of ether oxygens (including phenoxy) is 3. The standard InChI is InChI=1S/C24H29NO5/c1-17(20-15-19(28-2)11-12-21(20)29-3)25-22(26)16-30-23(27)24(13-7-8-14-24)18-9-5-4-6-10-18/h4-6,9-12,15,17H,7-8,13-14,16H2,1-3H3,(H,25,26)/t17-/m1/s1. The molecule has 3 rings (SSSR count). The van der Waals surface area contributed by atoms with Crippen molar-refractivity contribution < 1.29 is 23.8 Å². The number of benzene rings is 2. The lowest BCUT2D eigenvalue weighted by Crippen LogP contribution is -2.38. The van der Waals surface area contributed by atoms with Crippen molar-refractivity contribution in [3.63, 3.8) is 0 Å². The Kier molecular flexibility index (Phi) is 6.98. The van der Waals surface area contributed by atoms with Gasteiger partial charge in [-0.25, -0.2) is 0 Å². The molecule has 1 amide bonds. The number of carbonyl (C=O) groups excluding carboxylic acids is 2. The summed E-state index contributed by atoms with van der Waals surface area (Å²) in [4.78, 5) is 25.5. The molecular weight excluding hydrogens is 382 g/mol. The zero-order valence-electron chi connectivity index (χ0n) is 17.8. The maximum Gasteiger partial charge on any atom is 0.317 e. The van der Waals surface area contributed by atoms with Crippen molar-refractivity contribution in [2.75, 3.05) is 20.8 Å². The summed E-state index contributed by atoms with van der Waals surface area (Å²) in [6.45, 7) is 1.53. The molecule has 0 saturated heterocycles. The highest BCUT2D eigenvalue weighted by Crippen LogP contribution is 2.42. The van der Waals surface area contributed by atoms with Gasteiger partial charge in [-0.05, 0) is 43.5 Å². The summed E-state index contributed by atoms with van der Waals surface area (Å²) in [6, 6.07) is 14.8. The molecule has 1 aliphatic rings. The van der Waals surface area contributed by atoms with Gasteiger partial charge in [0.15, 0.2) is 6.61 Å². The number of amides is 1. The van der Waals surface area contributed by atoms with E-state index in [9.17, 15) is 9.59 Å². The Balaban J connectivity index is 1.63. The predicted octanol–water partition coefficient (Wildman–Crippen LogP) is 3.94. The van der Waals surface area contributed by atoms with E-state index in [0.29, 0.717) is 11.5 Å². The molecule has 1 aliphatic carbocycles. The van der Waals surface area contributed by atoms with Gasteiger partial charge in [-0.15, -0.1) is 0 Å². The molecule has 0 unspecified atom stereocenters. The van der Waals surface area contributed by atoms with Crippen molar-refractivity contribution in [1.29, 1.82) is 0 Å². The van der Waals surface area contributed by atoms with Gasteiger partial charge in [-0.1, -0.05) is 43.2 Å². The normalized spacial score (nSPS) is 15.8. The molecule has 1 atom stereocenters. The average molecular weight is 411 g/mol. The lowest BCUT2D eigenvalue weighted by Gasteiger charge is -2.27. The summed E-state index contributed by atoms with van der Waals surface area (Å²) < 4.78 is 16.1. The number of nitrogens with one attached hydrogen (secondary N) is 1. The molecule has 6 nitrogen and oxygen atoms in total. The van der Waals surface area contributed by atoms with Crippen LogP contribution in [0.4, 0.5) is 0 Å². The van der Waals surface area contributed by atoms with Crippen LogP contribution in [-0.2, 0) is 19.7 Å². The number of hydrogen-bond acceptors (Lipinski definition) is 5. The van der Waals surface area contributed by atoms with Gasteiger partial charge < -0.3 is 19.5 Å². The number of esters is 1. The van der Waals surface area contributed by atoms with Crippen LogP contribution in [0.3, 0.4) is 0 Å². The molecular formula is C24H29NO5. The number of rotatable bonds is 8. The maximum atomic E-state index is 13.0. The van der Waals surface area contributed by atoms with E-state index in [-0.39, 0.29) is 24.5 Å². The molecule has 1 fully saturated rings. The Bertz CT molecular complexity index is 874. The van der Waals surface area contributed by atoms with Crippen LogP contribution < -0.4 is 14.8 Å². The van der Waals surface area contributed by atoms with Gasteiger partial charge >= 0.3 is 5.97 Å². The maximum absolute atomic E-state index is 13.0. The van der Waals surface area contributed by atoms with Crippen molar-refractivity contribution in [3.8, 4) is 11.5 Å². The number of methoxy groups -OCH3 is 2. The van der Waals surface area contributed by atoms with E-state index in [4.69, 9.17) is 14.2 Å². The fraction of sp³-hybridized carbons (Fsp3) is 0.417. The lowest BCUT2D eigenvalue weighted by molar-refractivity contribution is -0.154. The van der Waals surface area contributed by atoms with Crippen molar-refractivity contribution >= 4 is 11.9 Å². The third-order valence-electron chi connectivity index (χ3n) is 5.79.